The Balaban J connectivity index is 2.84. The molecule has 21 heavy (non-hydrogen) atoms. The number of nitrogens with zero attached hydrogens (tertiary/aromatic N) is 1. The molecule has 0 atom stereocenters. The highest BCUT2D eigenvalue weighted by Gasteiger charge is 2.18. The normalized spacial score (nSPS) is 11.0. The summed E-state index contributed by atoms with van der Waals surface area (Å²) < 4.78 is 0. The van der Waals surface area contributed by atoms with Gasteiger partial charge in [0.1, 0.15) is 5.78 Å². The van der Waals surface area contributed by atoms with Crippen LogP contribution in [0.3, 0.4) is 0 Å². The van der Waals surface area contributed by atoms with Gasteiger partial charge in [-0.05, 0) is 24.0 Å². The number of carbonyl (C=O) groups is 2. The van der Waals surface area contributed by atoms with Gasteiger partial charge in [0.15, 0.2) is 0 Å². The van der Waals surface area contributed by atoms with Crippen LogP contribution in [0.25, 0.3) is 0 Å². The number of anilines is 1. The Morgan fingerprint density at radius 2 is 1.71 bits per heavy atom. The summed E-state index contributed by atoms with van der Waals surface area (Å²) in [6, 6.07) is 7.67. The van der Waals surface area contributed by atoms with Crippen LogP contribution in [0.4, 0.5) is 5.69 Å². The smallest absolute Gasteiger partial charge is 0.229 e. The largest absolute Gasteiger partial charge is 0.315 e. The maximum atomic E-state index is 12.1. The highest BCUT2D eigenvalue weighted by Crippen LogP contribution is 2.22. The molecule has 1 aromatic rings. The fourth-order valence-corrected chi connectivity index (χ4v) is 2.24. The Hall–Kier alpha value is -1.64. The van der Waals surface area contributed by atoms with Crippen LogP contribution >= 0.6 is 0 Å². The van der Waals surface area contributed by atoms with Gasteiger partial charge in [-0.15, -0.1) is 0 Å². The zero-order chi connectivity index (χ0) is 16.0. The summed E-state index contributed by atoms with van der Waals surface area (Å²) in [5.41, 5.74) is 1.77. The summed E-state index contributed by atoms with van der Waals surface area (Å²) in [7, 11) is 1.78. The number of Topliss-reactive ketones (excluding diaryl/α,β-unsaturated/α-hetero) is 1. The van der Waals surface area contributed by atoms with Gasteiger partial charge < -0.3 is 4.90 Å². The standard InChI is InChI=1S/C18H27NO2/c1-13(2)10-11-16(20)12-15-8-6-7-9-17(15)19(5)18(21)14(3)4/h6-9,13-14H,10-12H2,1-5H3. The molecule has 0 aliphatic rings. The number of hydrogen-bond donors (Lipinski definition) is 0. The predicted molar refractivity (Wildman–Crippen MR) is 87.5 cm³/mol. The molecule has 0 aliphatic carbocycles. The van der Waals surface area contributed by atoms with Crippen molar-refractivity contribution in [3.05, 3.63) is 29.8 Å². The lowest BCUT2D eigenvalue weighted by molar-refractivity contribution is -0.121. The highest BCUT2D eigenvalue weighted by atomic mass is 16.2. The van der Waals surface area contributed by atoms with Crippen molar-refractivity contribution in [1.29, 1.82) is 0 Å². The summed E-state index contributed by atoms with van der Waals surface area (Å²) >= 11 is 0. The number of rotatable bonds is 7. The van der Waals surface area contributed by atoms with E-state index < -0.39 is 0 Å². The lowest BCUT2D eigenvalue weighted by Crippen LogP contribution is -2.31. The summed E-state index contributed by atoms with van der Waals surface area (Å²) in [5.74, 6) is 0.785. The predicted octanol–water partition coefficient (Wildman–Crippen LogP) is 3.85. The van der Waals surface area contributed by atoms with Crippen molar-refractivity contribution in [3.8, 4) is 0 Å². The summed E-state index contributed by atoms with van der Waals surface area (Å²) in [4.78, 5) is 25.9. The first-order valence-corrected chi connectivity index (χ1v) is 7.70. The monoisotopic (exact) mass is 289 g/mol. The molecule has 3 nitrogen and oxygen atoms in total. The van der Waals surface area contributed by atoms with Gasteiger partial charge in [-0.25, -0.2) is 0 Å². The number of para-hydroxylation sites is 1. The Kier molecular flexibility index (Phi) is 6.60. The lowest BCUT2D eigenvalue weighted by atomic mass is 9.99. The molecule has 0 saturated heterocycles. The third-order valence-electron chi connectivity index (χ3n) is 3.57. The molecule has 3 heteroatoms. The SMILES string of the molecule is CC(C)CCC(=O)Cc1ccccc1N(C)C(=O)C(C)C. The molecule has 0 saturated carbocycles. The average Bonchev–Trinajstić information content (AvgIpc) is 2.44. The molecule has 0 aliphatic heterocycles. The molecular formula is C18H27NO2. The van der Waals surface area contributed by atoms with Gasteiger partial charge in [-0.2, -0.15) is 0 Å². The number of carbonyl (C=O) groups excluding carboxylic acids is 2. The Morgan fingerprint density at radius 3 is 2.29 bits per heavy atom. The molecule has 0 unspecified atom stereocenters. The van der Waals surface area contributed by atoms with E-state index in [1.807, 2.05) is 38.1 Å². The number of benzene rings is 1. The van der Waals surface area contributed by atoms with Crippen molar-refractivity contribution in [1.82, 2.24) is 0 Å². The first-order valence-electron chi connectivity index (χ1n) is 7.70. The minimum atomic E-state index is -0.0558. The van der Waals surface area contributed by atoms with Crippen LogP contribution in [0.2, 0.25) is 0 Å². The zero-order valence-corrected chi connectivity index (χ0v) is 13.8. The molecule has 0 heterocycles. The van der Waals surface area contributed by atoms with Crippen molar-refractivity contribution in [2.75, 3.05) is 11.9 Å². The van der Waals surface area contributed by atoms with E-state index in [0.717, 1.165) is 17.7 Å². The number of amides is 1. The second kappa shape index (κ2) is 7.96. The lowest BCUT2D eigenvalue weighted by Gasteiger charge is -2.22. The third-order valence-corrected chi connectivity index (χ3v) is 3.57. The number of hydrogen-bond acceptors (Lipinski definition) is 2. The van der Waals surface area contributed by atoms with Crippen LogP contribution in [0, 0.1) is 11.8 Å². The quantitative estimate of drug-likeness (QED) is 0.764. The average molecular weight is 289 g/mol. The van der Waals surface area contributed by atoms with Crippen molar-refractivity contribution in [3.63, 3.8) is 0 Å². The van der Waals surface area contributed by atoms with Gasteiger partial charge in [0.25, 0.3) is 0 Å². The number of ketones is 1. The molecule has 1 aromatic carbocycles. The molecule has 0 bridgehead atoms. The van der Waals surface area contributed by atoms with E-state index >= 15 is 0 Å². The van der Waals surface area contributed by atoms with Crippen LogP contribution in [0.5, 0.6) is 0 Å². The van der Waals surface area contributed by atoms with Gasteiger partial charge in [0, 0.05) is 31.5 Å². The second-order valence-corrected chi connectivity index (χ2v) is 6.33. The fraction of sp³-hybridized carbons (Fsp3) is 0.556. The van der Waals surface area contributed by atoms with Crippen LogP contribution in [0.15, 0.2) is 24.3 Å². The van der Waals surface area contributed by atoms with E-state index in [-0.39, 0.29) is 17.6 Å². The van der Waals surface area contributed by atoms with E-state index in [1.165, 1.54) is 0 Å². The molecular weight excluding hydrogens is 262 g/mol. The Bertz CT molecular complexity index is 492. The molecule has 0 aromatic heterocycles. The Labute approximate surface area is 128 Å². The third kappa shape index (κ3) is 5.33. The van der Waals surface area contributed by atoms with Gasteiger partial charge in [-0.1, -0.05) is 45.9 Å². The van der Waals surface area contributed by atoms with Gasteiger partial charge >= 0.3 is 0 Å². The van der Waals surface area contributed by atoms with Crippen LogP contribution < -0.4 is 4.90 Å². The van der Waals surface area contributed by atoms with Crippen molar-refractivity contribution in [2.45, 2.75) is 47.0 Å². The van der Waals surface area contributed by atoms with Gasteiger partial charge in [-0.3, -0.25) is 9.59 Å². The van der Waals surface area contributed by atoms with E-state index in [1.54, 1.807) is 11.9 Å². The second-order valence-electron chi connectivity index (χ2n) is 6.33. The molecule has 1 rings (SSSR count). The van der Waals surface area contributed by atoms with Crippen LogP contribution in [0.1, 0.15) is 46.1 Å². The van der Waals surface area contributed by atoms with Crippen molar-refractivity contribution >= 4 is 17.4 Å². The van der Waals surface area contributed by atoms with Gasteiger partial charge in [0.2, 0.25) is 5.91 Å². The fourth-order valence-electron chi connectivity index (χ4n) is 2.24. The highest BCUT2D eigenvalue weighted by molar-refractivity contribution is 5.95. The zero-order valence-electron chi connectivity index (χ0n) is 13.8. The van der Waals surface area contributed by atoms with Crippen LogP contribution in [-0.2, 0) is 16.0 Å². The van der Waals surface area contributed by atoms with Crippen molar-refractivity contribution in [2.24, 2.45) is 11.8 Å². The minimum Gasteiger partial charge on any atom is -0.315 e. The van der Waals surface area contributed by atoms with Crippen molar-refractivity contribution < 1.29 is 9.59 Å². The summed E-state index contributed by atoms with van der Waals surface area (Å²) in [6.45, 7) is 8.01. The van der Waals surface area contributed by atoms with Gasteiger partial charge in [0.05, 0.1) is 0 Å². The molecule has 0 N–H and O–H groups in total. The van der Waals surface area contributed by atoms with Crippen LogP contribution in [-0.4, -0.2) is 18.7 Å². The molecule has 0 radical (unpaired) electrons. The minimum absolute atomic E-state index is 0.0558. The molecule has 1 amide bonds. The molecule has 0 spiro atoms. The molecule has 0 fully saturated rings. The summed E-state index contributed by atoms with van der Waals surface area (Å²) in [5, 5.41) is 0. The molecule has 116 valence electrons. The first kappa shape index (κ1) is 17.4. The maximum Gasteiger partial charge on any atom is 0.229 e. The Morgan fingerprint density at radius 1 is 1.10 bits per heavy atom. The van der Waals surface area contributed by atoms with E-state index in [9.17, 15) is 9.59 Å². The first-order chi connectivity index (χ1) is 9.82. The topological polar surface area (TPSA) is 37.4 Å². The maximum absolute atomic E-state index is 12.1. The van der Waals surface area contributed by atoms with E-state index in [2.05, 4.69) is 13.8 Å². The van der Waals surface area contributed by atoms with E-state index in [4.69, 9.17) is 0 Å². The summed E-state index contributed by atoms with van der Waals surface area (Å²) in [6.07, 6.45) is 1.92. The van der Waals surface area contributed by atoms with E-state index in [0.29, 0.717) is 18.8 Å².